The van der Waals surface area contributed by atoms with Crippen LogP contribution in [0.4, 0.5) is 13.2 Å². The minimum Gasteiger partial charge on any atom is -0.316 e. The van der Waals surface area contributed by atoms with E-state index in [0.717, 1.165) is 10.7 Å². The van der Waals surface area contributed by atoms with E-state index in [-0.39, 0.29) is 12.2 Å². The van der Waals surface area contributed by atoms with Crippen LogP contribution >= 0.6 is 11.6 Å². The highest BCUT2D eigenvalue weighted by atomic mass is 35.5. The molecule has 0 bridgehead atoms. The Morgan fingerprint density at radius 3 is 2.63 bits per heavy atom. The molecule has 0 aliphatic carbocycles. The lowest BCUT2D eigenvalue weighted by atomic mass is 10.3. The molecule has 2 aromatic rings. The fraction of sp³-hybridized carbons (Fsp3) is 0.182. The number of hydroxylamine groups is 1. The molecule has 2 N–H and O–H groups in total. The Kier molecular flexibility index (Phi) is 3.79. The summed E-state index contributed by atoms with van der Waals surface area (Å²) in [6, 6.07) is 7.12. The number of nitrogens with one attached hydrogen (secondary N) is 1. The third-order valence-corrected chi connectivity index (χ3v) is 2.62. The topological polar surface area (TPSA) is 50.1 Å². The average molecular weight is 292 g/mol. The summed E-state index contributed by atoms with van der Waals surface area (Å²) in [7, 11) is 0. The smallest absolute Gasteiger partial charge is 0.316 e. The van der Waals surface area contributed by atoms with Crippen molar-refractivity contribution in [1.29, 1.82) is 0 Å². The van der Waals surface area contributed by atoms with Crippen LogP contribution < -0.4 is 5.48 Å². The fourth-order valence-electron chi connectivity index (χ4n) is 1.60. The van der Waals surface area contributed by atoms with Gasteiger partial charge in [-0.05, 0) is 24.3 Å². The van der Waals surface area contributed by atoms with Crippen LogP contribution in [-0.4, -0.2) is 15.0 Å². The third-order valence-electron chi connectivity index (χ3n) is 2.39. The van der Waals surface area contributed by atoms with Crippen molar-refractivity contribution < 1.29 is 18.4 Å². The number of hydrogen-bond donors (Lipinski definition) is 2. The maximum Gasteiger partial charge on any atom is 0.435 e. The Morgan fingerprint density at radius 2 is 2.05 bits per heavy atom. The monoisotopic (exact) mass is 291 g/mol. The SMILES string of the molecule is ONCc1cc(C(F)(F)F)nn1-c1cccc(Cl)c1. The standard InChI is InChI=1S/C11H9ClF3N3O/c12-7-2-1-3-8(4-7)18-9(6-16-19)5-10(17-18)11(13,14)15/h1-5,16,19H,6H2. The predicted octanol–water partition coefficient (Wildman–Crippen LogP) is 3.02. The molecule has 102 valence electrons. The largest absolute Gasteiger partial charge is 0.435 e. The van der Waals surface area contributed by atoms with E-state index in [1.54, 1.807) is 18.2 Å². The molecule has 8 heteroatoms. The van der Waals surface area contributed by atoms with Gasteiger partial charge in [0, 0.05) is 5.02 Å². The molecule has 1 heterocycles. The summed E-state index contributed by atoms with van der Waals surface area (Å²) in [6.07, 6.45) is -4.55. The van der Waals surface area contributed by atoms with Crippen molar-refractivity contribution in [3.63, 3.8) is 0 Å². The summed E-state index contributed by atoms with van der Waals surface area (Å²) in [5.74, 6) is 0. The second-order valence-electron chi connectivity index (χ2n) is 3.75. The van der Waals surface area contributed by atoms with Gasteiger partial charge in [0.25, 0.3) is 0 Å². The Hall–Kier alpha value is -1.57. The van der Waals surface area contributed by atoms with Gasteiger partial charge in [-0.2, -0.15) is 23.8 Å². The van der Waals surface area contributed by atoms with Crippen molar-refractivity contribution >= 4 is 11.6 Å². The van der Waals surface area contributed by atoms with Gasteiger partial charge in [-0.1, -0.05) is 17.7 Å². The molecule has 1 aromatic heterocycles. The van der Waals surface area contributed by atoms with Gasteiger partial charge in [0.05, 0.1) is 17.9 Å². The maximum absolute atomic E-state index is 12.6. The predicted molar refractivity (Wildman–Crippen MR) is 62.2 cm³/mol. The zero-order valence-electron chi connectivity index (χ0n) is 9.45. The number of nitrogens with zero attached hydrogens (tertiary/aromatic N) is 2. The van der Waals surface area contributed by atoms with Crippen molar-refractivity contribution in [3.05, 3.63) is 46.7 Å². The number of halogens is 4. The highest BCUT2D eigenvalue weighted by molar-refractivity contribution is 6.30. The molecule has 0 atom stereocenters. The summed E-state index contributed by atoms with van der Waals surface area (Å²) in [5, 5.41) is 12.5. The van der Waals surface area contributed by atoms with Crippen LogP contribution in [-0.2, 0) is 12.7 Å². The van der Waals surface area contributed by atoms with E-state index in [1.807, 2.05) is 5.48 Å². The van der Waals surface area contributed by atoms with Crippen molar-refractivity contribution in [2.24, 2.45) is 0 Å². The molecular weight excluding hydrogens is 283 g/mol. The van der Waals surface area contributed by atoms with Crippen molar-refractivity contribution in [2.45, 2.75) is 12.7 Å². The second-order valence-corrected chi connectivity index (χ2v) is 4.18. The van der Waals surface area contributed by atoms with E-state index < -0.39 is 11.9 Å². The van der Waals surface area contributed by atoms with E-state index in [2.05, 4.69) is 5.10 Å². The van der Waals surface area contributed by atoms with Crippen LogP contribution in [0.1, 0.15) is 11.4 Å². The van der Waals surface area contributed by atoms with Crippen LogP contribution in [0.3, 0.4) is 0 Å². The molecule has 0 saturated carbocycles. The van der Waals surface area contributed by atoms with E-state index in [0.29, 0.717) is 10.7 Å². The van der Waals surface area contributed by atoms with Gasteiger partial charge in [-0.25, -0.2) is 4.68 Å². The molecule has 0 aliphatic heterocycles. The molecule has 0 unspecified atom stereocenters. The Balaban J connectivity index is 2.52. The summed E-state index contributed by atoms with van der Waals surface area (Å²) >= 11 is 5.79. The molecule has 0 fully saturated rings. The molecule has 0 saturated heterocycles. The first-order valence-corrected chi connectivity index (χ1v) is 5.58. The van der Waals surface area contributed by atoms with E-state index in [9.17, 15) is 13.2 Å². The number of benzene rings is 1. The van der Waals surface area contributed by atoms with Crippen molar-refractivity contribution in [3.8, 4) is 5.69 Å². The van der Waals surface area contributed by atoms with Gasteiger partial charge in [0.2, 0.25) is 0 Å². The van der Waals surface area contributed by atoms with Crippen LogP contribution in [0.5, 0.6) is 0 Å². The normalized spacial score (nSPS) is 11.8. The molecule has 4 nitrogen and oxygen atoms in total. The lowest BCUT2D eigenvalue weighted by Crippen LogP contribution is -2.11. The molecule has 0 aliphatic rings. The Morgan fingerprint density at radius 1 is 1.32 bits per heavy atom. The molecule has 0 amide bonds. The first kappa shape index (κ1) is 13.9. The number of hydrogen-bond acceptors (Lipinski definition) is 3. The van der Waals surface area contributed by atoms with Crippen molar-refractivity contribution in [1.82, 2.24) is 15.3 Å². The van der Waals surface area contributed by atoms with Crippen LogP contribution in [0, 0.1) is 0 Å². The summed E-state index contributed by atoms with van der Waals surface area (Å²) in [6.45, 7) is -0.171. The highest BCUT2D eigenvalue weighted by Crippen LogP contribution is 2.29. The van der Waals surface area contributed by atoms with Crippen LogP contribution in [0.15, 0.2) is 30.3 Å². The Labute approximate surface area is 111 Å². The molecule has 0 spiro atoms. The lowest BCUT2D eigenvalue weighted by molar-refractivity contribution is -0.141. The fourth-order valence-corrected chi connectivity index (χ4v) is 1.78. The highest BCUT2D eigenvalue weighted by Gasteiger charge is 2.35. The zero-order chi connectivity index (χ0) is 14.0. The quantitative estimate of drug-likeness (QED) is 0.855. The number of aromatic nitrogens is 2. The molecule has 2 rings (SSSR count). The van der Waals surface area contributed by atoms with Gasteiger partial charge < -0.3 is 5.21 Å². The molecule has 1 aromatic carbocycles. The van der Waals surface area contributed by atoms with Gasteiger partial charge >= 0.3 is 6.18 Å². The Bertz CT molecular complexity index is 583. The average Bonchev–Trinajstić information content (AvgIpc) is 2.73. The van der Waals surface area contributed by atoms with Gasteiger partial charge in [0.1, 0.15) is 0 Å². The minimum absolute atomic E-state index is 0.164. The van der Waals surface area contributed by atoms with E-state index in [4.69, 9.17) is 16.8 Å². The number of rotatable bonds is 3. The lowest BCUT2D eigenvalue weighted by Gasteiger charge is -2.06. The molecule has 0 radical (unpaired) electrons. The first-order chi connectivity index (χ1) is 8.91. The minimum atomic E-state index is -4.55. The number of alkyl halides is 3. The summed E-state index contributed by atoms with van der Waals surface area (Å²) < 4.78 is 39.0. The van der Waals surface area contributed by atoms with Gasteiger partial charge in [-0.3, -0.25) is 0 Å². The van der Waals surface area contributed by atoms with Gasteiger partial charge in [-0.15, -0.1) is 0 Å². The summed E-state index contributed by atoms with van der Waals surface area (Å²) in [5.41, 5.74) is 1.33. The van der Waals surface area contributed by atoms with E-state index in [1.165, 1.54) is 6.07 Å². The van der Waals surface area contributed by atoms with E-state index >= 15 is 0 Å². The van der Waals surface area contributed by atoms with Crippen LogP contribution in [0.2, 0.25) is 5.02 Å². The first-order valence-electron chi connectivity index (χ1n) is 5.21. The molecule has 19 heavy (non-hydrogen) atoms. The maximum atomic E-state index is 12.6. The van der Waals surface area contributed by atoms with Gasteiger partial charge in [0.15, 0.2) is 5.69 Å². The molecular formula is C11H9ClF3N3O. The van der Waals surface area contributed by atoms with Crippen LogP contribution in [0.25, 0.3) is 5.69 Å². The van der Waals surface area contributed by atoms with Crippen molar-refractivity contribution in [2.75, 3.05) is 0 Å². The zero-order valence-corrected chi connectivity index (χ0v) is 10.2. The summed E-state index contributed by atoms with van der Waals surface area (Å²) in [4.78, 5) is 0. The second kappa shape index (κ2) is 5.20. The third kappa shape index (κ3) is 3.06.